The lowest BCUT2D eigenvalue weighted by molar-refractivity contribution is 0.478. The maximum absolute atomic E-state index is 12.0. The van der Waals surface area contributed by atoms with Crippen LogP contribution < -0.4 is 5.73 Å². The summed E-state index contributed by atoms with van der Waals surface area (Å²) in [6, 6.07) is 23.6. The molecule has 0 unspecified atom stereocenters. The van der Waals surface area contributed by atoms with Crippen LogP contribution in [0.1, 0.15) is 0 Å². The van der Waals surface area contributed by atoms with Gasteiger partial charge < -0.3 is 10.8 Å². The van der Waals surface area contributed by atoms with Gasteiger partial charge in [0.2, 0.25) is 9.84 Å². The molecule has 0 spiro atoms. The third kappa shape index (κ3) is 4.34. The second-order valence-electron chi connectivity index (χ2n) is 4.69. The molecule has 0 amide bonds. The highest BCUT2D eigenvalue weighted by molar-refractivity contribution is 7.91. The molecule has 0 aliphatic rings. The highest BCUT2D eigenvalue weighted by Crippen LogP contribution is 2.19. The van der Waals surface area contributed by atoms with Crippen LogP contribution in [0.15, 0.2) is 94.7 Å². The molecular formula is C18H17NO3S. The van der Waals surface area contributed by atoms with Gasteiger partial charge in [0.25, 0.3) is 0 Å². The van der Waals surface area contributed by atoms with Crippen LogP contribution in [0.2, 0.25) is 0 Å². The smallest absolute Gasteiger partial charge is 0.206 e. The van der Waals surface area contributed by atoms with E-state index in [4.69, 9.17) is 10.8 Å². The monoisotopic (exact) mass is 327 g/mol. The fourth-order valence-corrected chi connectivity index (χ4v) is 3.13. The standard InChI is InChI=1S/C12H10O2S.C6H7NO/c13-15(14,11-7-3-1-4-8-11)12-9-5-2-6-10-12;7-5-3-1-2-4-6(5)8/h1-10H;1-4,8H,7H2. The highest BCUT2D eigenvalue weighted by atomic mass is 32.2. The lowest BCUT2D eigenvalue weighted by Gasteiger charge is -2.03. The minimum absolute atomic E-state index is 0.146. The van der Waals surface area contributed by atoms with E-state index in [0.29, 0.717) is 15.5 Å². The van der Waals surface area contributed by atoms with E-state index >= 15 is 0 Å². The van der Waals surface area contributed by atoms with Crippen LogP contribution in [0, 0.1) is 0 Å². The van der Waals surface area contributed by atoms with Gasteiger partial charge in [0.15, 0.2) is 0 Å². The van der Waals surface area contributed by atoms with Gasteiger partial charge in [-0.1, -0.05) is 48.5 Å². The summed E-state index contributed by atoms with van der Waals surface area (Å²) in [5, 5.41) is 8.79. The molecule has 118 valence electrons. The SMILES string of the molecule is Nc1ccccc1O.O=S(=O)(c1ccccc1)c1ccccc1. The Balaban J connectivity index is 0.000000203. The van der Waals surface area contributed by atoms with Crippen molar-refractivity contribution in [2.45, 2.75) is 9.79 Å². The first kappa shape index (κ1) is 16.6. The average Bonchev–Trinajstić information content (AvgIpc) is 2.60. The highest BCUT2D eigenvalue weighted by Gasteiger charge is 2.15. The lowest BCUT2D eigenvalue weighted by Crippen LogP contribution is -2.00. The summed E-state index contributed by atoms with van der Waals surface area (Å²) in [7, 11) is -3.34. The zero-order valence-corrected chi connectivity index (χ0v) is 13.1. The molecule has 0 saturated heterocycles. The Morgan fingerprint density at radius 3 is 1.39 bits per heavy atom. The van der Waals surface area contributed by atoms with Gasteiger partial charge in [-0.2, -0.15) is 0 Å². The Hall–Kier alpha value is -2.79. The number of para-hydroxylation sites is 2. The molecular weight excluding hydrogens is 310 g/mol. The lowest BCUT2D eigenvalue weighted by atomic mass is 10.3. The molecule has 23 heavy (non-hydrogen) atoms. The maximum Gasteiger partial charge on any atom is 0.206 e. The van der Waals surface area contributed by atoms with E-state index in [-0.39, 0.29) is 5.75 Å². The van der Waals surface area contributed by atoms with Gasteiger partial charge in [0.1, 0.15) is 5.75 Å². The first-order chi connectivity index (χ1) is 11.0. The molecule has 5 heteroatoms. The molecule has 3 N–H and O–H groups in total. The van der Waals surface area contributed by atoms with Gasteiger partial charge >= 0.3 is 0 Å². The van der Waals surface area contributed by atoms with Crippen molar-refractivity contribution in [3.63, 3.8) is 0 Å². The number of aromatic hydroxyl groups is 1. The van der Waals surface area contributed by atoms with Crippen molar-refractivity contribution < 1.29 is 13.5 Å². The molecule has 3 aromatic carbocycles. The molecule has 0 fully saturated rings. The van der Waals surface area contributed by atoms with Crippen molar-refractivity contribution >= 4 is 15.5 Å². The summed E-state index contributed by atoms with van der Waals surface area (Å²) in [5.41, 5.74) is 5.69. The average molecular weight is 327 g/mol. The Bertz CT molecular complexity index is 781. The predicted molar refractivity (Wildman–Crippen MR) is 90.9 cm³/mol. The van der Waals surface area contributed by atoms with Crippen molar-refractivity contribution in [3.05, 3.63) is 84.9 Å². The summed E-state index contributed by atoms with van der Waals surface area (Å²) in [4.78, 5) is 0.660. The zero-order chi connectivity index (χ0) is 16.7. The third-order valence-electron chi connectivity index (χ3n) is 3.04. The minimum atomic E-state index is -3.34. The Morgan fingerprint density at radius 2 is 1.04 bits per heavy atom. The van der Waals surface area contributed by atoms with E-state index in [9.17, 15) is 8.42 Å². The molecule has 0 atom stereocenters. The molecule has 0 radical (unpaired) electrons. The van der Waals surface area contributed by atoms with Crippen molar-refractivity contribution in [1.29, 1.82) is 0 Å². The van der Waals surface area contributed by atoms with E-state index in [1.54, 1.807) is 84.9 Å². The number of benzene rings is 3. The quantitative estimate of drug-likeness (QED) is 0.558. The molecule has 0 aliphatic carbocycles. The van der Waals surface area contributed by atoms with Crippen LogP contribution in [-0.2, 0) is 9.84 Å². The van der Waals surface area contributed by atoms with Crippen LogP contribution in [0.4, 0.5) is 5.69 Å². The number of rotatable bonds is 2. The molecule has 0 aliphatic heterocycles. The van der Waals surface area contributed by atoms with Crippen molar-refractivity contribution in [2.75, 3.05) is 5.73 Å². The van der Waals surface area contributed by atoms with Crippen molar-refractivity contribution in [3.8, 4) is 5.75 Å². The second-order valence-corrected chi connectivity index (χ2v) is 6.64. The molecule has 3 rings (SSSR count). The maximum atomic E-state index is 12.0. The number of phenols is 1. The molecule has 0 aromatic heterocycles. The Kier molecular flexibility index (Phi) is 5.38. The number of anilines is 1. The summed E-state index contributed by atoms with van der Waals surface area (Å²) < 4.78 is 24.1. The van der Waals surface area contributed by atoms with E-state index in [0.717, 1.165) is 0 Å². The topological polar surface area (TPSA) is 80.4 Å². The molecule has 0 heterocycles. The minimum Gasteiger partial charge on any atom is -0.506 e. The summed E-state index contributed by atoms with van der Waals surface area (Å²) in [6.45, 7) is 0. The van der Waals surface area contributed by atoms with E-state index in [2.05, 4.69) is 0 Å². The van der Waals surface area contributed by atoms with Crippen molar-refractivity contribution in [2.24, 2.45) is 0 Å². The van der Waals surface area contributed by atoms with Gasteiger partial charge in [-0.3, -0.25) is 0 Å². The number of hydrogen-bond donors (Lipinski definition) is 2. The first-order valence-corrected chi connectivity index (χ1v) is 8.39. The zero-order valence-electron chi connectivity index (χ0n) is 12.3. The Labute approximate surface area is 135 Å². The third-order valence-corrected chi connectivity index (χ3v) is 4.83. The van der Waals surface area contributed by atoms with E-state index in [1.165, 1.54) is 0 Å². The number of nitrogens with two attached hydrogens (primary N) is 1. The molecule has 0 bridgehead atoms. The molecule has 4 nitrogen and oxygen atoms in total. The first-order valence-electron chi connectivity index (χ1n) is 6.90. The van der Waals surface area contributed by atoms with Gasteiger partial charge in [-0.05, 0) is 36.4 Å². The normalized spacial score (nSPS) is 10.4. The van der Waals surface area contributed by atoms with Crippen LogP contribution in [0.5, 0.6) is 5.75 Å². The number of sulfone groups is 1. The molecule has 0 saturated carbocycles. The van der Waals surface area contributed by atoms with Gasteiger partial charge in [-0.15, -0.1) is 0 Å². The van der Waals surface area contributed by atoms with Crippen LogP contribution in [0.25, 0.3) is 0 Å². The van der Waals surface area contributed by atoms with E-state index < -0.39 is 9.84 Å². The van der Waals surface area contributed by atoms with Crippen LogP contribution >= 0.6 is 0 Å². The summed E-state index contributed by atoms with van der Waals surface area (Å²) in [5.74, 6) is 0.146. The van der Waals surface area contributed by atoms with Crippen molar-refractivity contribution in [1.82, 2.24) is 0 Å². The fourth-order valence-electron chi connectivity index (χ4n) is 1.82. The Morgan fingerprint density at radius 1 is 0.652 bits per heavy atom. The summed E-state index contributed by atoms with van der Waals surface area (Å²) >= 11 is 0. The second kappa shape index (κ2) is 7.47. The van der Waals surface area contributed by atoms with Gasteiger partial charge in [0, 0.05) is 0 Å². The van der Waals surface area contributed by atoms with Gasteiger partial charge in [0.05, 0.1) is 15.5 Å². The van der Waals surface area contributed by atoms with Crippen LogP contribution in [-0.4, -0.2) is 13.5 Å². The number of hydrogen-bond acceptors (Lipinski definition) is 4. The van der Waals surface area contributed by atoms with E-state index in [1.807, 2.05) is 0 Å². The fraction of sp³-hybridized carbons (Fsp3) is 0. The van der Waals surface area contributed by atoms with Crippen LogP contribution in [0.3, 0.4) is 0 Å². The predicted octanol–water partition coefficient (Wildman–Crippen LogP) is 3.49. The number of nitrogen functional groups attached to an aromatic ring is 1. The van der Waals surface area contributed by atoms with Gasteiger partial charge in [-0.25, -0.2) is 8.42 Å². The number of phenolic OH excluding ortho intramolecular Hbond substituents is 1. The molecule has 3 aromatic rings. The largest absolute Gasteiger partial charge is 0.506 e. The summed E-state index contributed by atoms with van der Waals surface area (Å²) in [6.07, 6.45) is 0.